The van der Waals surface area contributed by atoms with Crippen molar-refractivity contribution in [1.82, 2.24) is 24.8 Å². The van der Waals surface area contributed by atoms with Gasteiger partial charge in [-0.1, -0.05) is 5.21 Å². The second kappa shape index (κ2) is 7.00. The van der Waals surface area contributed by atoms with Crippen molar-refractivity contribution in [1.29, 1.82) is 0 Å². The molecule has 0 N–H and O–H groups in total. The predicted octanol–water partition coefficient (Wildman–Crippen LogP) is 1.75. The molecule has 134 valence electrons. The van der Waals surface area contributed by atoms with Crippen LogP contribution in [0.5, 0.6) is 0 Å². The summed E-state index contributed by atoms with van der Waals surface area (Å²) in [4.78, 5) is 16.6. The van der Waals surface area contributed by atoms with Crippen molar-refractivity contribution in [2.75, 3.05) is 19.6 Å². The summed E-state index contributed by atoms with van der Waals surface area (Å²) in [7, 11) is 0. The molecule has 0 bridgehead atoms. The second-order valence-corrected chi connectivity index (χ2v) is 7.02. The summed E-state index contributed by atoms with van der Waals surface area (Å²) >= 11 is 0. The van der Waals surface area contributed by atoms with E-state index in [0.29, 0.717) is 12.8 Å². The van der Waals surface area contributed by atoms with Gasteiger partial charge in [-0.05, 0) is 31.9 Å². The number of aryl methyl sites for hydroxylation is 2. The Hall–Kier alpha value is -2.15. The number of nitrogens with zero attached hydrogens (tertiary/aromatic N) is 5. The minimum Gasteiger partial charge on any atom is -0.465 e. The van der Waals surface area contributed by atoms with Crippen LogP contribution in [0.15, 0.2) is 16.5 Å². The number of carbonyl (C=O) groups is 1. The number of amides is 1. The lowest BCUT2D eigenvalue weighted by Gasteiger charge is -2.26. The van der Waals surface area contributed by atoms with Gasteiger partial charge in [0.25, 0.3) is 0 Å². The lowest BCUT2D eigenvalue weighted by molar-refractivity contribution is -0.130. The molecule has 0 aliphatic carbocycles. The maximum absolute atomic E-state index is 12.3. The van der Waals surface area contributed by atoms with Crippen LogP contribution in [0.1, 0.15) is 42.2 Å². The van der Waals surface area contributed by atoms with Gasteiger partial charge in [-0.25, -0.2) is 4.68 Å². The third kappa shape index (κ3) is 3.61. The smallest absolute Gasteiger partial charge is 0.222 e. The summed E-state index contributed by atoms with van der Waals surface area (Å²) in [5.74, 6) is 2.18. The number of hydrogen-bond donors (Lipinski definition) is 0. The van der Waals surface area contributed by atoms with Crippen molar-refractivity contribution >= 4 is 5.91 Å². The van der Waals surface area contributed by atoms with Crippen molar-refractivity contribution in [3.05, 3.63) is 35.0 Å². The molecule has 0 saturated carbocycles. The van der Waals surface area contributed by atoms with Gasteiger partial charge in [0.05, 0.1) is 24.5 Å². The molecule has 4 rings (SSSR count). The molecule has 2 aliphatic rings. The number of hydrogen-bond acceptors (Lipinski definition) is 5. The van der Waals surface area contributed by atoms with E-state index in [4.69, 9.17) is 4.42 Å². The molecule has 2 aromatic heterocycles. The first-order chi connectivity index (χ1) is 12.2. The third-order valence-electron chi connectivity index (χ3n) is 5.13. The molecule has 1 saturated heterocycles. The van der Waals surface area contributed by atoms with Gasteiger partial charge in [-0.3, -0.25) is 9.69 Å². The Labute approximate surface area is 147 Å². The Morgan fingerprint density at radius 1 is 1.20 bits per heavy atom. The first-order valence-electron chi connectivity index (χ1n) is 9.16. The first kappa shape index (κ1) is 16.3. The fourth-order valence-corrected chi connectivity index (χ4v) is 3.72. The molecule has 0 aromatic carbocycles. The third-order valence-corrected chi connectivity index (χ3v) is 5.13. The molecule has 1 fully saturated rings. The number of rotatable bonds is 5. The van der Waals surface area contributed by atoms with Gasteiger partial charge in [0, 0.05) is 39.0 Å². The van der Waals surface area contributed by atoms with E-state index in [0.717, 1.165) is 75.0 Å². The van der Waals surface area contributed by atoms with Gasteiger partial charge in [0.1, 0.15) is 11.5 Å². The molecule has 7 heteroatoms. The Balaban J connectivity index is 1.37. The topological polar surface area (TPSA) is 67.4 Å². The van der Waals surface area contributed by atoms with Crippen molar-refractivity contribution in [2.24, 2.45) is 0 Å². The quantitative estimate of drug-likeness (QED) is 0.827. The first-order valence-corrected chi connectivity index (χ1v) is 9.16. The molecule has 0 spiro atoms. The van der Waals surface area contributed by atoms with Crippen molar-refractivity contribution in [3.8, 4) is 0 Å². The van der Waals surface area contributed by atoms with Crippen LogP contribution < -0.4 is 0 Å². The molecule has 0 radical (unpaired) electrons. The Kier molecular flexibility index (Phi) is 4.57. The molecule has 2 aliphatic heterocycles. The van der Waals surface area contributed by atoms with Crippen molar-refractivity contribution in [2.45, 2.75) is 52.2 Å². The van der Waals surface area contributed by atoms with E-state index in [2.05, 4.69) is 15.2 Å². The van der Waals surface area contributed by atoms with Crippen LogP contribution in [0, 0.1) is 6.92 Å². The average molecular weight is 343 g/mol. The molecule has 4 heterocycles. The van der Waals surface area contributed by atoms with Crippen LogP contribution in [0.4, 0.5) is 0 Å². The van der Waals surface area contributed by atoms with Crippen LogP contribution in [-0.2, 0) is 30.8 Å². The van der Waals surface area contributed by atoms with Crippen molar-refractivity contribution < 1.29 is 9.21 Å². The van der Waals surface area contributed by atoms with Crippen LogP contribution in [-0.4, -0.2) is 50.3 Å². The van der Waals surface area contributed by atoms with Crippen LogP contribution in [0.3, 0.4) is 0 Å². The average Bonchev–Trinajstić information content (AvgIpc) is 3.34. The molecule has 25 heavy (non-hydrogen) atoms. The maximum Gasteiger partial charge on any atom is 0.222 e. The summed E-state index contributed by atoms with van der Waals surface area (Å²) in [6.07, 6.45) is 3.48. The van der Waals surface area contributed by atoms with E-state index in [-0.39, 0.29) is 5.91 Å². The molecule has 7 nitrogen and oxygen atoms in total. The highest BCUT2D eigenvalue weighted by Gasteiger charge is 2.24. The standard InChI is InChI=1S/C18H25N5O2/c1-14-4-5-15(25-14)12-21-10-11-23-17(13-21)16(19-20-23)6-7-18(24)22-8-2-3-9-22/h4-5H,2-3,6-13H2,1H3. The zero-order valence-electron chi connectivity index (χ0n) is 14.8. The monoisotopic (exact) mass is 343 g/mol. The van der Waals surface area contributed by atoms with E-state index in [1.54, 1.807) is 0 Å². The number of fused-ring (bicyclic) bond motifs is 1. The number of furan rings is 1. The summed E-state index contributed by atoms with van der Waals surface area (Å²) in [5, 5.41) is 8.60. The summed E-state index contributed by atoms with van der Waals surface area (Å²) in [6, 6.07) is 4.04. The Morgan fingerprint density at radius 3 is 2.80 bits per heavy atom. The largest absolute Gasteiger partial charge is 0.465 e. The van der Waals surface area contributed by atoms with Gasteiger partial charge in [-0.15, -0.1) is 5.10 Å². The highest BCUT2D eigenvalue weighted by atomic mass is 16.3. The van der Waals surface area contributed by atoms with Crippen LogP contribution in [0.25, 0.3) is 0 Å². The summed E-state index contributed by atoms with van der Waals surface area (Å²) < 4.78 is 7.68. The minimum atomic E-state index is 0.248. The molecule has 0 atom stereocenters. The van der Waals surface area contributed by atoms with Gasteiger partial charge < -0.3 is 9.32 Å². The van der Waals surface area contributed by atoms with E-state index in [9.17, 15) is 4.79 Å². The zero-order valence-corrected chi connectivity index (χ0v) is 14.8. The van der Waals surface area contributed by atoms with E-state index < -0.39 is 0 Å². The minimum absolute atomic E-state index is 0.248. The van der Waals surface area contributed by atoms with Gasteiger partial charge in [0.15, 0.2) is 0 Å². The van der Waals surface area contributed by atoms with Crippen LogP contribution in [0.2, 0.25) is 0 Å². The molecule has 0 unspecified atom stereocenters. The van der Waals surface area contributed by atoms with Gasteiger partial charge in [-0.2, -0.15) is 0 Å². The predicted molar refractivity (Wildman–Crippen MR) is 91.7 cm³/mol. The highest BCUT2D eigenvalue weighted by Crippen LogP contribution is 2.19. The van der Waals surface area contributed by atoms with Gasteiger partial charge >= 0.3 is 0 Å². The zero-order chi connectivity index (χ0) is 17.2. The second-order valence-electron chi connectivity index (χ2n) is 7.02. The molecule has 1 amide bonds. The fourth-order valence-electron chi connectivity index (χ4n) is 3.72. The lowest BCUT2D eigenvalue weighted by Crippen LogP contribution is -2.34. The molecule has 2 aromatic rings. The number of likely N-dealkylation sites (tertiary alicyclic amines) is 1. The normalized spacial score (nSPS) is 17.9. The molecular formula is C18H25N5O2. The molecular weight excluding hydrogens is 318 g/mol. The van der Waals surface area contributed by atoms with E-state index in [1.165, 1.54) is 0 Å². The Bertz CT molecular complexity index is 744. The van der Waals surface area contributed by atoms with Crippen molar-refractivity contribution in [3.63, 3.8) is 0 Å². The van der Waals surface area contributed by atoms with Gasteiger partial charge in [0.2, 0.25) is 5.91 Å². The summed E-state index contributed by atoms with van der Waals surface area (Å²) in [5.41, 5.74) is 2.11. The Morgan fingerprint density at radius 2 is 2.04 bits per heavy atom. The number of aromatic nitrogens is 3. The van der Waals surface area contributed by atoms with E-state index in [1.807, 2.05) is 28.6 Å². The van der Waals surface area contributed by atoms with Crippen LogP contribution >= 0.6 is 0 Å². The highest BCUT2D eigenvalue weighted by molar-refractivity contribution is 5.76. The number of carbonyl (C=O) groups excluding carboxylic acids is 1. The maximum atomic E-state index is 12.3. The van der Waals surface area contributed by atoms with E-state index >= 15 is 0 Å². The SMILES string of the molecule is Cc1ccc(CN2CCn3nnc(CCC(=O)N4CCCC4)c3C2)o1. The summed E-state index contributed by atoms with van der Waals surface area (Å²) in [6.45, 7) is 7.16. The lowest BCUT2D eigenvalue weighted by atomic mass is 10.1. The fraction of sp³-hybridized carbons (Fsp3) is 0.611.